The first-order chi connectivity index (χ1) is 16.6. The molecule has 3 heterocycles. The van der Waals surface area contributed by atoms with Crippen LogP contribution in [0.1, 0.15) is 21.7 Å². The number of carbonyl (C=O) groups excluding carboxylic acids is 1. The number of fused-ring (bicyclic) bond motifs is 1. The molecule has 0 unspecified atom stereocenters. The van der Waals surface area contributed by atoms with E-state index in [1.165, 1.54) is 6.07 Å². The molecule has 2 aromatic carbocycles. The van der Waals surface area contributed by atoms with Crippen molar-refractivity contribution in [3.05, 3.63) is 83.6 Å². The van der Waals surface area contributed by atoms with E-state index in [2.05, 4.69) is 4.98 Å². The zero-order valence-electron chi connectivity index (χ0n) is 19.2. The Bertz CT molecular complexity index is 1330. The van der Waals surface area contributed by atoms with Crippen LogP contribution in [0.25, 0.3) is 16.8 Å². The Labute approximate surface area is 197 Å². The van der Waals surface area contributed by atoms with E-state index in [-0.39, 0.29) is 18.3 Å². The first-order valence-corrected chi connectivity index (χ1v) is 11.3. The largest absolute Gasteiger partial charge is 0.378 e. The molecule has 0 atom stereocenters. The summed E-state index contributed by atoms with van der Waals surface area (Å²) in [7, 11) is 1.60. The van der Waals surface area contributed by atoms with Gasteiger partial charge in [-0.1, -0.05) is 42.5 Å². The lowest BCUT2D eigenvalue weighted by Crippen LogP contribution is -2.49. The molecule has 0 saturated carbocycles. The fourth-order valence-corrected chi connectivity index (χ4v) is 4.56. The van der Waals surface area contributed by atoms with Crippen LogP contribution < -0.4 is 4.90 Å². The monoisotopic (exact) mass is 459 g/mol. The number of halogens is 1. The number of aryl methyl sites for hydroxylation is 1. The molecule has 174 valence electrons. The number of amides is 1. The van der Waals surface area contributed by atoms with Gasteiger partial charge in [-0.3, -0.25) is 4.79 Å². The van der Waals surface area contributed by atoms with Crippen molar-refractivity contribution in [2.75, 3.05) is 38.2 Å². The molecular formula is C26H26FN5O2. The van der Waals surface area contributed by atoms with Gasteiger partial charge in [0.05, 0.1) is 29.2 Å². The number of methoxy groups -OCH3 is 1. The number of nitrogens with zero attached hydrogens (tertiary/aromatic N) is 5. The zero-order valence-corrected chi connectivity index (χ0v) is 19.2. The number of ether oxygens (including phenoxy) is 1. The molecule has 5 rings (SSSR count). The van der Waals surface area contributed by atoms with Gasteiger partial charge in [0.25, 0.3) is 5.91 Å². The standard InChI is InChI=1S/C26H26FN5O2/c1-18-24(19-8-4-3-5-9-19)25-28-16-20(23(17-34-2)32(25)29-18)26(33)31-14-12-30(13-15-31)22-11-7-6-10-21(22)27/h3-11,16H,12-15,17H2,1-2H3. The summed E-state index contributed by atoms with van der Waals surface area (Å²) in [5.41, 5.74) is 5.19. The Balaban J connectivity index is 1.45. The van der Waals surface area contributed by atoms with Gasteiger partial charge in [-0.2, -0.15) is 5.10 Å². The van der Waals surface area contributed by atoms with E-state index >= 15 is 0 Å². The fourth-order valence-electron chi connectivity index (χ4n) is 4.56. The predicted octanol–water partition coefficient (Wildman–Crippen LogP) is 3.95. The molecule has 1 amide bonds. The SMILES string of the molecule is COCc1c(C(=O)N2CCN(c3ccccc3F)CC2)cnc2c(-c3ccccc3)c(C)nn12. The number of carbonyl (C=O) groups is 1. The second-order valence-electron chi connectivity index (χ2n) is 8.34. The molecule has 1 saturated heterocycles. The molecule has 0 N–H and O–H groups in total. The second kappa shape index (κ2) is 9.23. The van der Waals surface area contributed by atoms with E-state index in [0.29, 0.717) is 48.8 Å². The average molecular weight is 460 g/mol. The quantitative estimate of drug-likeness (QED) is 0.452. The molecular weight excluding hydrogens is 433 g/mol. The van der Waals surface area contributed by atoms with Crippen LogP contribution in [0, 0.1) is 12.7 Å². The van der Waals surface area contributed by atoms with Gasteiger partial charge in [0.15, 0.2) is 5.65 Å². The van der Waals surface area contributed by atoms with Crippen LogP contribution in [0.5, 0.6) is 0 Å². The van der Waals surface area contributed by atoms with Crippen molar-refractivity contribution < 1.29 is 13.9 Å². The second-order valence-corrected chi connectivity index (χ2v) is 8.34. The molecule has 0 spiro atoms. The van der Waals surface area contributed by atoms with E-state index in [4.69, 9.17) is 9.84 Å². The van der Waals surface area contributed by atoms with Crippen molar-refractivity contribution in [3.63, 3.8) is 0 Å². The topological polar surface area (TPSA) is 63.0 Å². The smallest absolute Gasteiger partial charge is 0.257 e. The Morgan fingerprint density at radius 2 is 1.74 bits per heavy atom. The van der Waals surface area contributed by atoms with Crippen LogP contribution in [0.2, 0.25) is 0 Å². The molecule has 2 aromatic heterocycles. The van der Waals surface area contributed by atoms with Crippen LogP contribution >= 0.6 is 0 Å². The Kier molecular flexibility index (Phi) is 5.98. The number of benzene rings is 2. The summed E-state index contributed by atoms with van der Waals surface area (Å²) in [4.78, 5) is 21.9. The minimum absolute atomic E-state index is 0.121. The van der Waals surface area contributed by atoms with Crippen LogP contribution in [-0.2, 0) is 11.3 Å². The van der Waals surface area contributed by atoms with Crippen molar-refractivity contribution in [2.45, 2.75) is 13.5 Å². The van der Waals surface area contributed by atoms with E-state index in [0.717, 1.165) is 16.8 Å². The Morgan fingerprint density at radius 1 is 1.03 bits per heavy atom. The third-order valence-corrected chi connectivity index (χ3v) is 6.25. The van der Waals surface area contributed by atoms with Gasteiger partial charge >= 0.3 is 0 Å². The first kappa shape index (κ1) is 22.0. The van der Waals surface area contributed by atoms with Gasteiger partial charge in [0.2, 0.25) is 0 Å². The predicted molar refractivity (Wildman–Crippen MR) is 128 cm³/mol. The third kappa shape index (κ3) is 3.90. The van der Waals surface area contributed by atoms with Crippen molar-refractivity contribution >= 4 is 17.2 Å². The number of hydrogen-bond acceptors (Lipinski definition) is 5. The maximum atomic E-state index is 14.2. The molecule has 1 aliphatic rings. The van der Waals surface area contributed by atoms with E-state index < -0.39 is 0 Å². The van der Waals surface area contributed by atoms with Crippen LogP contribution in [0.15, 0.2) is 60.8 Å². The summed E-state index contributed by atoms with van der Waals surface area (Å²) in [5.74, 6) is -0.369. The van der Waals surface area contributed by atoms with Gasteiger partial charge < -0.3 is 14.5 Å². The summed E-state index contributed by atoms with van der Waals surface area (Å²) >= 11 is 0. The van der Waals surface area contributed by atoms with Crippen molar-refractivity contribution in [1.82, 2.24) is 19.5 Å². The molecule has 1 aliphatic heterocycles. The molecule has 4 aromatic rings. The summed E-state index contributed by atoms with van der Waals surface area (Å²) in [6, 6.07) is 16.7. The van der Waals surface area contributed by atoms with Gasteiger partial charge in [-0.15, -0.1) is 0 Å². The van der Waals surface area contributed by atoms with Crippen LogP contribution in [-0.4, -0.2) is 58.7 Å². The number of aromatic nitrogens is 3. The maximum Gasteiger partial charge on any atom is 0.257 e. The average Bonchev–Trinajstić information content (AvgIpc) is 3.21. The molecule has 34 heavy (non-hydrogen) atoms. The number of para-hydroxylation sites is 1. The third-order valence-electron chi connectivity index (χ3n) is 6.25. The van der Waals surface area contributed by atoms with E-state index in [9.17, 15) is 9.18 Å². The molecule has 0 radical (unpaired) electrons. The molecule has 8 heteroatoms. The number of piperazine rings is 1. The van der Waals surface area contributed by atoms with Crippen LogP contribution in [0.3, 0.4) is 0 Å². The lowest BCUT2D eigenvalue weighted by atomic mass is 10.1. The van der Waals surface area contributed by atoms with Crippen molar-refractivity contribution in [2.24, 2.45) is 0 Å². The minimum Gasteiger partial charge on any atom is -0.378 e. The summed E-state index contributed by atoms with van der Waals surface area (Å²) in [6.07, 6.45) is 1.63. The summed E-state index contributed by atoms with van der Waals surface area (Å²) in [6.45, 7) is 4.26. The normalized spacial score (nSPS) is 14.1. The lowest BCUT2D eigenvalue weighted by Gasteiger charge is -2.36. The minimum atomic E-state index is -0.248. The Hall–Kier alpha value is -3.78. The summed E-state index contributed by atoms with van der Waals surface area (Å²) < 4.78 is 21.4. The number of hydrogen-bond donors (Lipinski definition) is 0. The van der Waals surface area contributed by atoms with Gasteiger partial charge in [-0.05, 0) is 24.6 Å². The summed E-state index contributed by atoms with van der Waals surface area (Å²) in [5, 5.41) is 4.71. The lowest BCUT2D eigenvalue weighted by molar-refractivity contribution is 0.0739. The van der Waals surface area contributed by atoms with Gasteiger partial charge in [0, 0.05) is 45.0 Å². The molecule has 0 aliphatic carbocycles. The zero-order chi connectivity index (χ0) is 23.7. The van der Waals surface area contributed by atoms with E-state index in [1.807, 2.05) is 48.2 Å². The first-order valence-electron chi connectivity index (χ1n) is 11.3. The van der Waals surface area contributed by atoms with Gasteiger partial charge in [0.1, 0.15) is 5.82 Å². The number of rotatable bonds is 5. The van der Waals surface area contributed by atoms with Crippen molar-refractivity contribution in [3.8, 4) is 11.1 Å². The highest BCUT2D eigenvalue weighted by Crippen LogP contribution is 2.29. The highest BCUT2D eigenvalue weighted by molar-refractivity contribution is 5.96. The highest BCUT2D eigenvalue weighted by atomic mass is 19.1. The molecule has 0 bridgehead atoms. The van der Waals surface area contributed by atoms with Gasteiger partial charge in [-0.25, -0.2) is 13.9 Å². The highest BCUT2D eigenvalue weighted by Gasteiger charge is 2.27. The molecule has 7 nitrogen and oxygen atoms in total. The van der Waals surface area contributed by atoms with E-state index in [1.54, 1.807) is 34.9 Å². The maximum absolute atomic E-state index is 14.2. The molecule has 1 fully saturated rings. The number of anilines is 1. The Morgan fingerprint density at radius 3 is 2.44 bits per heavy atom. The van der Waals surface area contributed by atoms with Crippen molar-refractivity contribution in [1.29, 1.82) is 0 Å². The van der Waals surface area contributed by atoms with Crippen LogP contribution in [0.4, 0.5) is 10.1 Å². The fraction of sp³-hybridized carbons (Fsp3) is 0.269.